The summed E-state index contributed by atoms with van der Waals surface area (Å²) < 4.78 is 17.6. The fraction of sp³-hybridized carbons (Fsp3) is 0.278. The lowest BCUT2D eigenvalue weighted by Gasteiger charge is -2.07. The minimum atomic E-state index is -0.0295. The first-order valence-corrected chi connectivity index (χ1v) is 8.19. The number of hydrogen-bond donors (Lipinski definition) is 1. The largest absolute Gasteiger partial charge is 0.491 e. The highest BCUT2D eigenvalue weighted by molar-refractivity contribution is 5.59. The maximum atomic E-state index is 8.84. The molecule has 1 N–H and O–H groups in total. The third-order valence-corrected chi connectivity index (χ3v) is 3.51. The first kappa shape index (κ1) is 17.7. The van der Waals surface area contributed by atoms with Crippen LogP contribution < -0.4 is 14.2 Å². The SMILES string of the molecule is CCOc1nc(-c2ccc(OCCO)cc2)n(-c2ccc(OC)nc2)n1. The Morgan fingerprint density at radius 2 is 1.88 bits per heavy atom. The summed E-state index contributed by atoms with van der Waals surface area (Å²) in [6, 6.07) is 11.3. The number of aliphatic hydroxyl groups excluding tert-OH is 1. The van der Waals surface area contributed by atoms with E-state index in [9.17, 15) is 0 Å². The first-order valence-electron chi connectivity index (χ1n) is 8.19. The van der Waals surface area contributed by atoms with E-state index in [1.165, 1.54) is 0 Å². The maximum absolute atomic E-state index is 8.84. The molecule has 0 amide bonds. The van der Waals surface area contributed by atoms with Crippen LogP contribution in [0.1, 0.15) is 6.92 Å². The number of aromatic nitrogens is 4. The van der Waals surface area contributed by atoms with Crippen molar-refractivity contribution in [1.82, 2.24) is 19.7 Å². The third kappa shape index (κ3) is 3.92. The van der Waals surface area contributed by atoms with Crippen molar-refractivity contribution in [3.8, 4) is 34.7 Å². The van der Waals surface area contributed by atoms with Crippen LogP contribution in [0, 0.1) is 0 Å². The predicted octanol–water partition coefficient (Wildman–Crippen LogP) is 2.11. The monoisotopic (exact) mass is 356 g/mol. The van der Waals surface area contributed by atoms with E-state index in [-0.39, 0.29) is 13.2 Å². The molecular weight excluding hydrogens is 336 g/mol. The molecule has 0 saturated heterocycles. The highest BCUT2D eigenvalue weighted by Gasteiger charge is 2.15. The summed E-state index contributed by atoms with van der Waals surface area (Å²) >= 11 is 0. The van der Waals surface area contributed by atoms with Gasteiger partial charge in [0.1, 0.15) is 12.4 Å². The number of benzene rings is 1. The van der Waals surface area contributed by atoms with E-state index in [1.807, 2.05) is 37.3 Å². The first-order chi connectivity index (χ1) is 12.7. The second-order valence-corrected chi connectivity index (χ2v) is 5.22. The number of methoxy groups -OCH3 is 1. The van der Waals surface area contributed by atoms with Crippen LogP contribution in [0.5, 0.6) is 17.6 Å². The standard InChI is InChI=1S/C18H20N4O4/c1-3-25-18-20-17(13-4-7-15(8-5-13)26-11-10-23)22(21-18)14-6-9-16(24-2)19-12-14/h4-9,12,23H,3,10-11H2,1-2H3. The van der Waals surface area contributed by atoms with E-state index in [2.05, 4.69) is 15.1 Å². The van der Waals surface area contributed by atoms with Gasteiger partial charge in [0.05, 0.1) is 32.2 Å². The summed E-state index contributed by atoms with van der Waals surface area (Å²) in [6.07, 6.45) is 1.66. The average Bonchev–Trinajstić information content (AvgIpc) is 3.11. The van der Waals surface area contributed by atoms with Crippen LogP contribution in [0.2, 0.25) is 0 Å². The van der Waals surface area contributed by atoms with E-state index in [0.717, 1.165) is 11.3 Å². The van der Waals surface area contributed by atoms with E-state index >= 15 is 0 Å². The zero-order chi connectivity index (χ0) is 18.4. The van der Waals surface area contributed by atoms with Crippen molar-refractivity contribution in [3.05, 3.63) is 42.6 Å². The molecule has 8 nitrogen and oxygen atoms in total. The molecule has 0 saturated carbocycles. The molecule has 136 valence electrons. The van der Waals surface area contributed by atoms with Gasteiger partial charge in [-0.05, 0) is 37.3 Å². The summed E-state index contributed by atoms with van der Waals surface area (Å²) in [4.78, 5) is 8.69. The molecule has 0 fully saturated rings. The highest BCUT2D eigenvalue weighted by atomic mass is 16.5. The molecule has 26 heavy (non-hydrogen) atoms. The van der Waals surface area contributed by atoms with Crippen LogP contribution in [0.3, 0.4) is 0 Å². The van der Waals surface area contributed by atoms with Gasteiger partial charge in [-0.1, -0.05) is 0 Å². The zero-order valence-corrected chi connectivity index (χ0v) is 14.6. The second-order valence-electron chi connectivity index (χ2n) is 5.22. The Bertz CT molecular complexity index is 831. The van der Waals surface area contributed by atoms with E-state index in [1.54, 1.807) is 24.1 Å². The fourth-order valence-corrected chi connectivity index (χ4v) is 2.33. The number of rotatable bonds is 8. The lowest BCUT2D eigenvalue weighted by Crippen LogP contribution is -2.02. The van der Waals surface area contributed by atoms with Gasteiger partial charge in [-0.3, -0.25) is 0 Å². The summed E-state index contributed by atoms with van der Waals surface area (Å²) in [7, 11) is 1.57. The molecule has 0 aliphatic rings. The molecule has 0 unspecified atom stereocenters. The van der Waals surface area contributed by atoms with E-state index in [4.69, 9.17) is 19.3 Å². The normalized spacial score (nSPS) is 10.6. The Hall–Kier alpha value is -3.13. The molecule has 0 radical (unpaired) electrons. The zero-order valence-electron chi connectivity index (χ0n) is 14.6. The maximum Gasteiger partial charge on any atom is 0.336 e. The average molecular weight is 356 g/mol. The Morgan fingerprint density at radius 1 is 1.08 bits per heavy atom. The molecular formula is C18H20N4O4. The molecule has 8 heteroatoms. The number of ether oxygens (including phenoxy) is 3. The summed E-state index contributed by atoms with van der Waals surface area (Å²) in [5, 5.41) is 13.3. The minimum absolute atomic E-state index is 0.0295. The van der Waals surface area contributed by atoms with Gasteiger partial charge >= 0.3 is 6.01 Å². The van der Waals surface area contributed by atoms with Gasteiger partial charge in [0.15, 0.2) is 5.82 Å². The van der Waals surface area contributed by atoms with Gasteiger partial charge in [0, 0.05) is 11.6 Å². The van der Waals surface area contributed by atoms with Crippen molar-refractivity contribution in [2.45, 2.75) is 6.92 Å². The van der Waals surface area contributed by atoms with Crippen molar-refractivity contribution < 1.29 is 19.3 Å². The number of aliphatic hydroxyl groups is 1. The summed E-state index contributed by atoms with van der Waals surface area (Å²) in [5.74, 6) is 1.81. The Balaban J connectivity index is 1.96. The van der Waals surface area contributed by atoms with Crippen LogP contribution in [0.4, 0.5) is 0 Å². The predicted molar refractivity (Wildman–Crippen MR) is 94.9 cm³/mol. The van der Waals surface area contributed by atoms with Crippen LogP contribution in [-0.4, -0.2) is 51.8 Å². The number of nitrogens with zero attached hydrogens (tertiary/aromatic N) is 4. The van der Waals surface area contributed by atoms with Gasteiger partial charge < -0.3 is 19.3 Å². The molecule has 3 rings (SSSR count). The second kappa shape index (κ2) is 8.30. The number of pyridine rings is 1. The molecule has 2 aromatic heterocycles. The molecule has 0 atom stereocenters. The Labute approximate surface area is 151 Å². The van der Waals surface area contributed by atoms with Crippen molar-refractivity contribution >= 4 is 0 Å². The Kier molecular flexibility index (Phi) is 5.65. The van der Waals surface area contributed by atoms with Gasteiger partial charge in [-0.15, -0.1) is 5.10 Å². The highest BCUT2D eigenvalue weighted by Crippen LogP contribution is 2.25. The quantitative estimate of drug-likeness (QED) is 0.661. The number of hydrogen-bond acceptors (Lipinski definition) is 7. The summed E-state index contributed by atoms with van der Waals surface area (Å²) in [6.45, 7) is 2.57. The molecule has 2 heterocycles. The lowest BCUT2D eigenvalue weighted by molar-refractivity contribution is 0.201. The molecule has 0 spiro atoms. The van der Waals surface area contributed by atoms with Crippen molar-refractivity contribution in [2.75, 3.05) is 26.9 Å². The van der Waals surface area contributed by atoms with Crippen LogP contribution in [0.25, 0.3) is 17.1 Å². The Morgan fingerprint density at radius 3 is 2.50 bits per heavy atom. The van der Waals surface area contributed by atoms with Crippen molar-refractivity contribution in [3.63, 3.8) is 0 Å². The van der Waals surface area contributed by atoms with E-state index < -0.39 is 0 Å². The van der Waals surface area contributed by atoms with Crippen LogP contribution in [0.15, 0.2) is 42.6 Å². The van der Waals surface area contributed by atoms with Crippen LogP contribution >= 0.6 is 0 Å². The minimum Gasteiger partial charge on any atom is -0.491 e. The third-order valence-electron chi connectivity index (χ3n) is 3.51. The lowest BCUT2D eigenvalue weighted by atomic mass is 10.2. The van der Waals surface area contributed by atoms with Crippen molar-refractivity contribution in [1.29, 1.82) is 0 Å². The molecule has 0 aliphatic carbocycles. The van der Waals surface area contributed by atoms with Gasteiger partial charge in [-0.25, -0.2) is 9.67 Å². The topological polar surface area (TPSA) is 91.5 Å². The summed E-state index contributed by atoms with van der Waals surface area (Å²) in [5.41, 5.74) is 1.58. The van der Waals surface area contributed by atoms with E-state index in [0.29, 0.717) is 30.1 Å². The van der Waals surface area contributed by atoms with Crippen LogP contribution in [-0.2, 0) is 0 Å². The van der Waals surface area contributed by atoms with Gasteiger partial charge in [0.2, 0.25) is 5.88 Å². The molecule has 3 aromatic rings. The van der Waals surface area contributed by atoms with Gasteiger partial charge in [-0.2, -0.15) is 4.98 Å². The fourth-order valence-electron chi connectivity index (χ4n) is 2.33. The van der Waals surface area contributed by atoms with Crippen molar-refractivity contribution in [2.24, 2.45) is 0 Å². The molecule has 1 aromatic carbocycles. The van der Waals surface area contributed by atoms with Gasteiger partial charge in [0.25, 0.3) is 0 Å². The molecule has 0 bridgehead atoms. The smallest absolute Gasteiger partial charge is 0.336 e. The molecule has 0 aliphatic heterocycles.